The summed E-state index contributed by atoms with van der Waals surface area (Å²) in [6.45, 7) is 0.608. The van der Waals surface area contributed by atoms with E-state index in [9.17, 15) is 9.59 Å². The van der Waals surface area contributed by atoms with Crippen molar-refractivity contribution in [3.05, 3.63) is 65.2 Å². The number of amides is 2. The van der Waals surface area contributed by atoms with E-state index in [2.05, 4.69) is 22.8 Å². The number of anilines is 1. The van der Waals surface area contributed by atoms with E-state index >= 15 is 0 Å². The van der Waals surface area contributed by atoms with Crippen LogP contribution in [0.15, 0.2) is 48.5 Å². The van der Waals surface area contributed by atoms with Gasteiger partial charge in [0, 0.05) is 24.2 Å². The van der Waals surface area contributed by atoms with Gasteiger partial charge >= 0.3 is 0 Å². The molecular weight excluding hydrogens is 288 g/mol. The standard InChI is InChI=1S/C19H20N2O2/c22-18-8-4-7-15-13-16(9-10-17(15)21-18)19(23)20-12-11-14-5-2-1-3-6-14/h1-3,5-6,9-10,13H,4,7-8,11-12H2,(H,20,23)(H,21,22). The van der Waals surface area contributed by atoms with Gasteiger partial charge in [0.25, 0.3) is 5.91 Å². The topological polar surface area (TPSA) is 58.2 Å². The average Bonchev–Trinajstić information content (AvgIpc) is 2.75. The summed E-state index contributed by atoms with van der Waals surface area (Å²) in [7, 11) is 0. The van der Waals surface area contributed by atoms with Gasteiger partial charge in [-0.05, 0) is 48.6 Å². The quantitative estimate of drug-likeness (QED) is 0.912. The number of benzene rings is 2. The SMILES string of the molecule is O=C1CCCc2cc(C(=O)NCCc3ccccc3)ccc2N1. The maximum absolute atomic E-state index is 12.3. The molecule has 0 unspecified atom stereocenters. The van der Waals surface area contributed by atoms with Crippen LogP contribution in [-0.4, -0.2) is 18.4 Å². The van der Waals surface area contributed by atoms with Crippen LogP contribution in [0.2, 0.25) is 0 Å². The number of rotatable bonds is 4. The minimum Gasteiger partial charge on any atom is -0.352 e. The van der Waals surface area contributed by atoms with Crippen LogP contribution < -0.4 is 10.6 Å². The number of fused-ring (bicyclic) bond motifs is 1. The Morgan fingerprint density at radius 2 is 1.91 bits per heavy atom. The molecular formula is C19H20N2O2. The molecule has 0 fully saturated rings. The maximum atomic E-state index is 12.3. The average molecular weight is 308 g/mol. The lowest BCUT2D eigenvalue weighted by Gasteiger charge is -2.10. The molecule has 0 spiro atoms. The monoisotopic (exact) mass is 308 g/mol. The molecule has 23 heavy (non-hydrogen) atoms. The van der Waals surface area contributed by atoms with Gasteiger partial charge in [0.15, 0.2) is 0 Å². The third-order valence-corrected chi connectivity index (χ3v) is 4.03. The highest BCUT2D eigenvalue weighted by atomic mass is 16.2. The fourth-order valence-electron chi connectivity index (χ4n) is 2.78. The molecule has 0 radical (unpaired) electrons. The van der Waals surface area contributed by atoms with Crippen LogP contribution in [0.1, 0.15) is 34.3 Å². The molecule has 2 aromatic rings. The van der Waals surface area contributed by atoms with Crippen molar-refractivity contribution < 1.29 is 9.59 Å². The van der Waals surface area contributed by atoms with Crippen LogP contribution in [0, 0.1) is 0 Å². The van der Waals surface area contributed by atoms with Crippen molar-refractivity contribution in [2.75, 3.05) is 11.9 Å². The first kappa shape index (κ1) is 15.3. The van der Waals surface area contributed by atoms with E-state index in [4.69, 9.17) is 0 Å². The molecule has 0 bridgehead atoms. The lowest BCUT2D eigenvalue weighted by molar-refractivity contribution is -0.116. The van der Waals surface area contributed by atoms with E-state index in [-0.39, 0.29) is 11.8 Å². The second-order valence-corrected chi connectivity index (χ2v) is 5.77. The Hall–Kier alpha value is -2.62. The van der Waals surface area contributed by atoms with Crippen LogP contribution >= 0.6 is 0 Å². The number of nitrogens with one attached hydrogen (secondary N) is 2. The predicted molar refractivity (Wildman–Crippen MR) is 90.5 cm³/mol. The van der Waals surface area contributed by atoms with Crippen LogP contribution in [0.3, 0.4) is 0 Å². The zero-order chi connectivity index (χ0) is 16.1. The molecule has 4 nitrogen and oxygen atoms in total. The van der Waals surface area contributed by atoms with Crippen LogP contribution in [0.25, 0.3) is 0 Å². The summed E-state index contributed by atoms with van der Waals surface area (Å²) in [4.78, 5) is 23.8. The summed E-state index contributed by atoms with van der Waals surface area (Å²) in [5, 5.41) is 5.83. The van der Waals surface area contributed by atoms with Gasteiger partial charge in [0.2, 0.25) is 5.91 Å². The number of carbonyl (C=O) groups is 2. The molecule has 0 aliphatic carbocycles. The second-order valence-electron chi connectivity index (χ2n) is 5.77. The minimum atomic E-state index is -0.0701. The molecule has 3 rings (SSSR count). The first-order valence-corrected chi connectivity index (χ1v) is 7.97. The number of carbonyl (C=O) groups excluding carboxylic acids is 2. The highest BCUT2D eigenvalue weighted by Gasteiger charge is 2.15. The van der Waals surface area contributed by atoms with Crippen molar-refractivity contribution in [2.24, 2.45) is 0 Å². The van der Waals surface area contributed by atoms with E-state index in [1.54, 1.807) is 6.07 Å². The summed E-state index contributed by atoms with van der Waals surface area (Å²) in [5.74, 6) is -0.0249. The van der Waals surface area contributed by atoms with Gasteiger partial charge in [0.05, 0.1) is 0 Å². The van der Waals surface area contributed by atoms with Gasteiger partial charge < -0.3 is 10.6 Å². The van der Waals surface area contributed by atoms with Gasteiger partial charge in [-0.1, -0.05) is 30.3 Å². The lowest BCUT2D eigenvalue weighted by atomic mass is 10.0. The van der Waals surface area contributed by atoms with Crippen molar-refractivity contribution in [3.8, 4) is 0 Å². The van der Waals surface area contributed by atoms with E-state index in [0.29, 0.717) is 18.5 Å². The minimum absolute atomic E-state index is 0.0452. The van der Waals surface area contributed by atoms with Gasteiger partial charge in [-0.15, -0.1) is 0 Å². The van der Waals surface area contributed by atoms with Crippen molar-refractivity contribution in [1.82, 2.24) is 5.32 Å². The Balaban J connectivity index is 1.61. The van der Waals surface area contributed by atoms with Crippen molar-refractivity contribution in [3.63, 3.8) is 0 Å². The highest BCUT2D eigenvalue weighted by Crippen LogP contribution is 2.23. The molecule has 2 aromatic carbocycles. The van der Waals surface area contributed by atoms with Crippen LogP contribution in [-0.2, 0) is 17.6 Å². The van der Waals surface area contributed by atoms with Crippen molar-refractivity contribution >= 4 is 17.5 Å². The zero-order valence-corrected chi connectivity index (χ0v) is 13.0. The molecule has 4 heteroatoms. The fraction of sp³-hybridized carbons (Fsp3) is 0.263. The molecule has 1 aliphatic heterocycles. The Bertz CT molecular complexity index is 711. The normalized spacial score (nSPS) is 13.7. The zero-order valence-electron chi connectivity index (χ0n) is 13.0. The van der Waals surface area contributed by atoms with Crippen LogP contribution in [0.4, 0.5) is 5.69 Å². The summed E-state index contributed by atoms with van der Waals surface area (Å²) in [6.07, 6.45) is 2.98. The summed E-state index contributed by atoms with van der Waals surface area (Å²) in [5.41, 5.74) is 3.71. The summed E-state index contributed by atoms with van der Waals surface area (Å²) < 4.78 is 0. The van der Waals surface area contributed by atoms with E-state index in [1.807, 2.05) is 30.3 Å². The van der Waals surface area contributed by atoms with Crippen molar-refractivity contribution in [2.45, 2.75) is 25.7 Å². The molecule has 2 N–H and O–H groups in total. The third-order valence-electron chi connectivity index (χ3n) is 4.03. The molecule has 0 saturated heterocycles. The van der Waals surface area contributed by atoms with Gasteiger partial charge in [-0.3, -0.25) is 9.59 Å². The fourth-order valence-corrected chi connectivity index (χ4v) is 2.78. The molecule has 0 saturated carbocycles. The van der Waals surface area contributed by atoms with E-state index in [0.717, 1.165) is 30.5 Å². The molecule has 0 aromatic heterocycles. The molecule has 118 valence electrons. The van der Waals surface area contributed by atoms with Crippen LogP contribution in [0.5, 0.6) is 0 Å². The summed E-state index contributed by atoms with van der Waals surface area (Å²) >= 11 is 0. The smallest absolute Gasteiger partial charge is 0.251 e. The first-order valence-electron chi connectivity index (χ1n) is 7.97. The molecule has 2 amide bonds. The second kappa shape index (κ2) is 7.09. The van der Waals surface area contributed by atoms with Gasteiger partial charge in [-0.2, -0.15) is 0 Å². The maximum Gasteiger partial charge on any atom is 0.251 e. The van der Waals surface area contributed by atoms with Gasteiger partial charge in [0.1, 0.15) is 0 Å². The Labute approximate surface area is 135 Å². The largest absolute Gasteiger partial charge is 0.352 e. The molecule has 0 atom stereocenters. The van der Waals surface area contributed by atoms with Crippen molar-refractivity contribution in [1.29, 1.82) is 0 Å². The summed E-state index contributed by atoms with van der Waals surface area (Å²) in [6, 6.07) is 15.6. The Kier molecular flexibility index (Phi) is 4.71. The molecule has 1 heterocycles. The highest BCUT2D eigenvalue weighted by molar-refractivity contribution is 5.97. The van der Waals surface area contributed by atoms with E-state index in [1.165, 1.54) is 5.56 Å². The third kappa shape index (κ3) is 3.97. The predicted octanol–water partition coefficient (Wildman–Crippen LogP) is 2.93. The van der Waals surface area contributed by atoms with E-state index < -0.39 is 0 Å². The lowest BCUT2D eigenvalue weighted by Crippen LogP contribution is -2.25. The molecule has 1 aliphatic rings. The Morgan fingerprint density at radius 3 is 2.74 bits per heavy atom. The number of hydrogen-bond acceptors (Lipinski definition) is 2. The number of aryl methyl sites for hydroxylation is 1. The Morgan fingerprint density at radius 1 is 1.09 bits per heavy atom. The number of hydrogen-bond donors (Lipinski definition) is 2. The van der Waals surface area contributed by atoms with Gasteiger partial charge in [-0.25, -0.2) is 0 Å². The first-order chi connectivity index (χ1) is 11.2.